The second-order valence-corrected chi connectivity index (χ2v) is 4.35. The van der Waals surface area contributed by atoms with Crippen LogP contribution < -0.4 is 0 Å². The summed E-state index contributed by atoms with van der Waals surface area (Å²) in [5, 5.41) is 11.5. The number of phenols is 1. The number of fused-ring (bicyclic) bond motifs is 1. The van der Waals surface area contributed by atoms with Crippen LogP contribution in [-0.4, -0.2) is 30.0 Å². The van der Waals surface area contributed by atoms with E-state index in [9.17, 15) is 9.90 Å². The van der Waals surface area contributed by atoms with Crippen molar-refractivity contribution in [2.24, 2.45) is 0 Å². The van der Waals surface area contributed by atoms with Gasteiger partial charge in [-0.1, -0.05) is 12.1 Å². The molecule has 0 aromatic heterocycles. The van der Waals surface area contributed by atoms with E-state index in [0.29, 0.717) is 5.56 Å². The Hall–Kier alpha value is -2.03. The third-order valence-electron chi connectivity index (χ3n) is 2.91. The number of rotatable bonds is 1. The van der Waals surface area contributed by atoms with E-state index in [-0.39, 0.29) is 11.7 Å². The number of amides is 1. The van der Waals surface area contributed by atoms with Crippen LogP contribution >= 0.6 is 0 Å². The van der Waals surface area contributed by atoms with Gasteiger partial charge in [-0.2, -0.15) is 0 Å². The van der Waals surface area contributed by atoms with E-state index in [1.54, 1.807) is 31.1 Å². The van der Waals surface area contributed by atoms with Gasteiger partial charge in [0.1, 0.15) is 5.75 Å². The van der Waals surface area contributed by atoms with E-state index in [1.165, 1.54) is 0 Å². The van der Waals surface area contributed by atoms with Crippen molar-refractivity contribution in [3.63, 3.8) is 0 Å². The molecule has 3 nitrogen and oxygen atoms in total. The Kier molecular flexibility index (Phi) is 2.76. The highest BCUT2D eigenvalue weighted by molar-refractivity contribution is 5.99. The molecule has 0 aliphatic heterocycles. The summed E-state index contributed by atoms with van der Waals surface area (Å²) >= 11 is 0. The topological polar surface area (TPSA) is 40.5 Å². The predicted molar refractivity (Wildman–Crippen MR) is 68.4 cm³/mol. The van der Waals surface area contributed by atoms with Crippen LogP contribution in [0.2, 0.25) is 0 Å². The Balaban J connectivity index is 2.60. The molecule has 0 aliphatic rings. The minimum Gasteiger partial charge on any atom is -0.508 e. The van der Waals surface area contributed by atoms with Gasteiger partial charge in [-0.25, -0.2) is 0 Å². The zero-order chi connectivity index (χ0) is 12.6. The van der Waals surface area contributed by atoms with Gasteiger partial charge in [-0.3, -0.25) is 4.79 Å². The first-order valence-corrected chi connectivity index (χ1v) is 5.44. The SMILES string of the molecule is Cc1c(O)ccc2cc(C(=O)N(C)C)ccc12. The van der Waals surface area contributed by atoms with Crippen molar-refractivity contribution >= 4 is 16.7 Å². The smallest absolute Gasteiger partial charge is 0.253 e. The molecule has 1 amide bonds. The summed E-state index contributed by atoms with van der Waals surface area (Å²) in [4.78, 5) is 13.4. The third kappa shape index (κ3) is 1.96. The second kappa shape index (κ2) is 4.09. The number of nitrogens with zero attached hydrogens (tertiary/aromatic N) is 1. The fourth-order valence-electron chi connectivity index (χ4n) is 1.87. The zero-order valence-corrected chi connectivity index (χ0v) is 10.2. The van der Waals surface area contributed by atoms with E-state index < -0.39 is 0 Å². The Morgan fingerprint density at radius 3 is 2.53 bits per heavy atom. The quantitative estimate of drug-likeness (QED) is 0.816. The number of carbonyl (C=O) groups excluding carboxylic acids is 1. The van der Waals surface area contributed by atoms with E-state index in [0.717, 1.165) is 16.3 Å². The minimum atomic E-state index is -0.0161. The molecule has 2 rings (SSSR count). The molecule has 0 radical (unpaired) electrons. The lowest BCUT2D eigenvalue weighted by molar-refractivity contribution is 0.0828. The number of hydrogen-bond acceptors (Lipinski definition) is 2. The maximum Gasteiger partial charge on any atom is 0.253 e. The van der Waals surface area contributed by atoms with Crippen LogP contribution in [0, 0.1) is 6.92 Å². The van der Waals surface area contributed by atoms with Crippen LogP contribution in [-0.2, 0) is 0 Å². The van der Waals surface area contributed by atoms with Gasteiger partial charge in [0.25, 0.3) is 5.91 Å². The first kappa shape index (κ1) is 11.5. The highest BCUT2D eigenvalue weighted by atomic mass is 16.3. The first-order chi connectivity index (χ1) is 8.00. The van der Waals surface area contributed by atoms with Crippen LogP contribution in [0.5, 0.6) is 5.75 Å². The fraction of sp³-hybridized carbons (Fsp3) is 0.214. The molecular formula is C14H15NO2. The van der Waals surface area contributed by atoms with Gasteiger partial charge in [-0.15, -0.1) is 0 Å². The number of phenolic OH excluding ortho intramolecular Hbond substituents is 1. The molecule has 17 heavy (non-hydrogen) atoms. The zero-order valence-electron chi connectivity index (χ0n) is 10.2. The molecule has 0 heterocycles. The van der Waals surface area contributed by atoms with Crippen molar-refractivity contribution in [2.75, 3.05) is 14.1 Å². The molecule has 0 aliphatic carbocycles. The Morgan fingerprint density at radius 1 is 1.18 bits per heavy atom. The number of hydrogen-bond donors (Lipinski definition) is 1. The van der Waals surface area contributed by atoms with Crippen LogP contribution in [0.3, 0.4) is 0 Å². The monoisotopic (exact) mass is 229 g/mol. The Bertz CT molecular complexity index is 588. The summed E-state index contributed by atoms with van der Waals surface area (Å²) in [6.45, 7) is 1.87. The normalized spacial score (nSPS) is 10.5. The fourth-order valence-corrected chi connectivity index (χ4v) is 1.87. The van der Waals surface area contributed by atoms with Gasteiger partial charge >= 0.3 is 0 Å². The third-order valence-corrected chi connectivity index (χ3v) is 2.91. The molecule has 0 bridgehead atoms. The Labute approximate surface area is 100 Å². The lowest BCUT2D eigenvalue weighted by Crippen LogP contribution is -2.21. The van der Waals surface area contributed by atoms with Crippen molar-refractivity contribution < 1.29 is 9.90 Å². The van der Waals surface area contributed by atoms with Gasteiger partial charge in [0, 0.05) is 19.7 Å². The van der Waals surface area contributed by atoms with Crippen LogP contribution in [0.1, 0.15) is 15.9 Å². The standard InChI is InChI=1S/C14H15NO2/c1-9-12-6-4-11(14(17)15(2)3)8-10(12)5-7-13(9)16/h4-8,16H,1-3H3. The van der Waals surface area contributed by atoms with Crippen LogP contribution in [0.4, 0.5) is 0 Å². The summed E-state index contributed by atoms with van der Waals surface area (Å²) in [6, 6.07) is 8.99. The molecule has 0 saturated carbocycles. The lowest BCUT2D eigenvalue weighted by atomic mass is 10.0. The van der Waals surface area contributed by atoms with E-state index >= 15 is 0 Å². The maximum atomic E-state index is 11.8. The molecule has 0 unspecified atom stereocenters. The molecule has 0 saturated heterocycles. The van der Waals surface area contributed by atoms with Gasteiger partial charge in [0.2, 0.25) is 0 Å². The molecule has 88 valence electrons. The summed E-state index contributed by atoms with van der Waals surface area (Å²) < 4.78 is 0. The summed E-state index contributed by atoms with van der Waals surface area (Å²) in [7, 11) is 3.46. The van der Waals surface area contributed by atoms with Gasteiger partial charge < -0.3 is 10.0 Å². The van der Waals surface area contributed by atoms with E-state index in [1.807, 2.05) is 25.1 Å². The highest BCUT2D eigenvalue weighted by Crippen LogP contribution is 2.27. The van der Waals surface area contributed by atoms with Crippen molar-refractivity contribution in [3.05, 3.63) is 41.5 Å². The largest absolute Gasteiger partial charge is 0.508 e. The van der Waals surface area contributed by atoms with Crippen LogP contribution in [0.15, 0.2) is 30.3 Å². The second-order valence-electron chi connectivity index (χ2n) is 4.35. The number of aromatic hydroxyl groups is 1. The summed E-state index contributed by atoms with van der Waals surface area (Å²) in [5.41, 5.74) is 1.50. The molecule has 3 heteroatoms. The summed E-state index contributed by atoms with van der Waals surface area (Å²) in [5.74, 6) is 0.266. The molecule has 1 N–H and O–H groups in total. The molecule has 0 fully saturated rings. The first-order valence-electron chi connectivity index (χ1n) is 5.44. The molecule has 2 aromatic rings. The van der Waals surface area contributed by atoms with Crippen molar-refractivity contribution in [1.29, 1.82) is 0 Å². The maximum absolute atomic E-state index is 11.8. The highest BCUT2D eigenvalue weighted by Gasteiger charge is 2.09. The molecule has 0 spiro atoms. The van der Waals surface area contributed by atoms with E-state index in [2.05, 4.69) is 0 Å². The molecular weight excluding hydrogens is 214 g/mol. The van der Waals surface area contributed by atoms with Crippen molar-refractivity contribution in [1.82, 2.24) is 4.90 Å². The number of aryl methyl sites for hydroxylation is 1. The minimum absolute atomic E-state index is 0.0161. The average Bonchev–Trinajstić information content (AvgIpc) is 2.32. The van der Waals surface area contributed by atoms with Crippen molar-refractivity contribution in [3.8, 4) is 5.75 Å². The Morgan fingerprint density at radius 2 is 1.88 bits per heavy atom. The predicted octanol–water partition coefficient (Wildman–Crippen LogP) is 2.56. The van der Waals surface area contributed by atoms with Gasteiger partial charge in [0.15, 0.2) is 0 Å². The van der Waals surface area contributed by atoms with Gasteiger partial charge in [-0.05, 0) is 41.5 Å². The van der Waals surface area contributed by atoms with Crippen LogP contribution in [0.25, 0.3) is 10.8 Å². The van der Waals surface area contributed by atoms with Gasteiger partial charge in [0.05, 0.1) is 0 Å². The van der Waals surface area contributed by atoms with E-state index in [4.69, 9.17) is 0 Å². The molecule has 2 aromatic carbocycles. The number of benzene rings is 2. The van der Waals surface area contributed by atoms with Crippen molar-refractivity contribution in [2.45, 2.75) is 6.92 Å². The average molecular weight is 229 g/mol. The summed E-state index contributed by atoms with van der Waals surface area (Å²) in [6.07, 6.45) is 0. The number of carbonyl (C=O) groups is 1. The molecule has 0 atom stereocenters. The lowest BCUT2D eigenvalue weighted by Gasteiger charge is -2.11.